The summed E-state index contributed by atoms with van der Waals surface area (Å²) in [6.45, 7) is 5.27. The fourth-order valence-electron chi connectivity index (χ4n) is 1.46. The monoisotopic (exact) mass is 161 g/mol. The summed E-state index contributed by atoms with van der Waals surface area (Å²) in [5.74, 6) is -0.155. The van der Waals surface area contributed by atoms with Crippen LogP contribution in [-0.4, -0.2) is 41.9 Å². The number of rotatable bonds is 2. The lowest BCUT2D eigenvalue weighted by molar-refractivity contribution is 0.174. The van der Waals surface area contributed by atoms with Crippen LogP contribution in [0.1, 0.15) is 13.8 Å². The molecule has 0 amide bonds. The largest absolute Gasteiger partial charge is 0.396 e. The molecule has 66 valence electrons. The Kier molecular flexibility index (Phi) is 2.84. The first-order valence-electron chi connectivity index (χ1n) is 4.14. The van der Waals surface area contributed by atoms with Gasteiger partial charge in [-0.05, 0) is 13.8 Å². The van der Waals surface area contributed by atoms with Crippen LogP contribution in [0.15, 0.2) is 0 Å². The first-order chi connectivity index (χ1) is 5.15. The zero-order chi connectivity index (χ0) is 8.43. The van der Waals surface area contributed by atoms with Crippen molar-refractivity contribution in [1.29, 1.82) is 0 Å². The Labute approximate surface area is 67.0 Å². The van der Waals surface area contributed by atoms with E-state index in [9.17, 15) is 4.39 Å². The normalized spacial score (nSPS) is 33.5. The third kappa shape index (κ3) is 1.91. The molecule has 0 aromatic heterocycles. The SMILES string of the molecule is CC(C)N1C[C@@H](CO)[C@H](F)C1. The van der Waals surface area contributed by atoms with Crippen LogP contribution in [0, 0.1) is 5.92 Å². The Balaban J connectivity index is 2.43. The van der Waals surface area contributed by atoms with E-state index in [-0.39, 0.29) is 12.5 Å². The summed E-state index contributed by atoms with van der Waals surface area (Å²) in [6.07, 6.45) is -0.831. The second kappa shape index (κ2) is 3.50. The molecular formula is C8H16FNO. The maximum absolute atomic E-state index is 13.0. The molecule has 0 aliphatic carbocycles. The van der Waals surface area contributed by atoms with Gasteiger partial charge in [-0.2, -0.15) is 0 Å². The van der Waals surface area contributed by atoms with Crippen molar-refractivity contribution in [3.05, 3.63) is 0 Å². The van der Waals surface area contributed by atoms with Crippen LogP contribution in [0.2, 0.25) is 0 Å². The Morgan fingerprint density at radius 1 is 1.55 bits per heavy atom. The van der Waals surface area contributed by atoms with Gasteiger partial charge in [0.1, 0.15) is 6.17 Å². The van der Waals surface area contributed by atoms with Crippen LogP contribution in [0.25, 0.3) is 0 Å². The highest BCUT2D eigenvalue weighted by atomic mass is 19.1. The summed E-state index contributed by atoms with van der Waals surface area (Å²) >= 11 is 0. The number of alkyl halides is 1. The summed E-state index contributed by atoms with van der Waals surface area (Å²) in [6, 6.07) is 0.393. The van der Waals surface area contributed by atoms with Crippen LogP contribution in [0.3, 0.4) is 0 Å². The molecule has 3 heteroatoms. The van der Waals surface area contributed by atoms with E-state index >= 15 is 0 Å². The summed E-state index contributed by atoms with van der Waals surface area (Å²) in [7, 11) is 0. The molecule has 11 heavy (non-hydrogen) atoms. The van der Waals surface area contributed by atoms with Crippen LogP contribution in [-0.2, 0) is 0 Å². The van der Waals surface area contributed by atoms with Crippen LogP contribution in [0.4, 0.5) is 4.39 Å². The lowest BCUT2D eigenvalue weighted by Gasteiger charge is -2.19. The van der Waals surface area contributed by atoms with Gasteiger partial charge < -0.3 is 5.11 Å². The molecule has 2 nitrogen and oxygen atoms in total. The second-order valence-corrected chi connectivity index (χ2v) is 3.51. The second-order valence-electron chi connectivity index (χ2n) is 3.51. The Morgan fingerprint density at radius 3 is 2.45 bits per heavy atom. The third-order valence-electron chi connectivity index (χ3n) is 2.35. The molecule has 0 saturated carbocycles. The molecule has 1 heterocycles. The summed E-state index contributed by atoms with van der Waals surface area (Å²) < 4.78 is 13.0. The number of hydrogen-bond donors (Lipinski definition) is 1. The van der Waals surface area contributed by atoms with Gasteiger partial charge in [0.05, 0.1) is 0 Å². The molecule has 0 aromatic carbocycles. The van der Waals surface area contributed by atoms with Crippen molar-refractivity contribution in [2.75, 3.05) is 19.7 Å². The van der Waals surface area contributed by atoms with Crippen LogP contribution < -0.4 is 0 Å². The topological polar surface area (TPSA) is 23.5 Å². The van der Waals surface area contributed by atoms with Gasteiger partial charge in [0.2, 0.25) is 0 Å². The molecule has 1 rings (SSSR count). The fraction of sp³-hybridized carbons (Fsp3) is 1.00. The molecule has 1 saturated heterocycles. The molecule has 1 aliphatic heterocycles. The minimum absolute atomic E-state index is 0.0234. The van der Waals surface area contributed by atoms with Crippen molar-refractivity contribution < 1.29 is 9.50 Å². The minimum atomic E-state index is -0.831. The van der Waals surface area contributed by atoms with Gasteiger partial charge >= 0.3 is 0 Å². The predicted molar refractivity (Wildman–Crippen MR) is 42.2 cm³/mol. The lowest BCUT2D eigenvalue weighted by atomic mass is 10.1. The highest BCUT2D eigenvalue weighted by Crippen LogP contribution is 2.20. The zero-order valence-electron chi connectivity index (χ0n) is 7.13. The molecular weight excluding hydrogens is 145 g/mol. The molecule has 0 bridgehead atoms. The number of nitrogens with zero attached hydrogens (tertiary/aromatic N) is 1. The van der Waals surface area contributed by atoms with E-state index in [1.807, 2.05) is 13.8 Å². The number of aliphatic hydroxyl groups is 1. The van der Waals surface area contributed by atoms with Crippen molar-refractivity contribution in [3.63, 3.8) is 0 Å². The van der Waals surface area contributed by atoms with Crippen molar-refractivity contribution in [3.8, 4) is 0 Å². The molecule has 1 N–H and O–H groups in total. The maximum atomic E-state index is 13.0. The van der Waals surface area contributed by atoms with Crippen LogP contribution in [0.5, 0.6) is 0 Å². The summed E-state index contributed by atoms with van der Waals surface area (Å²) in [5.41, 5.74) is 0. The summed E-state index contributed by atoms with van der Waals surface area (Å²) in [4.78, 5) is 2.06. The van der Waals surface area contributed by atoms with E-state index in [0.29, 0.717) is 19.1 Å². The average Bonchev–Trinajstić information content (AvgIpc) is 2.31. The van der Waals surface area contributed by atoms with E-state index < -0.39 is 6.17 Å². The predicted octanol–water partition coefficient (Wildman–Crippen LogP) is 0.657. The first kappa shape index (κ1) is 8.94. The van der Waals surface area contributed by atoms with Gasteiger partial charge in [-0.15, -0.1) is 0 Å². The van der Waals surface area contributed by atoms with E-state index in [2.05, 4.69) is 4.90 Å². The van der Waals surface area contributed by atoms with Crippen molar-refractivity contribution >= 4 is 0 Å². The summed E-state index contributed by atoms with van der Waals surface area (Å²) in [5, 5.41) is 8.77. The van der Waals surface area contributed by atoms with E-state index in [1.54, 1.807) is 0 Å². The minimum Gasteiger partial charge on any atom is -0.396 e. The molecule has 0 spiro atoms. The van der Waals surface area contributed by atoms with Gasteiger partial charge in [0.25, 0.3) is 0 Å². The molecule has 1 aliphatic rings. The quantitative estimate of drug-likeness (QED) is 0.643. The number of aliphatic hydroxyl groups excluding tert-OH is 1. The number of hydrogen-bond acceptors (Lipinski definition) is 2. The fourth-order valence-corrected chi connectivity index (χ4v) is 1.46. The Morgan fingerprint density at radius 2 is 2.18 bits per heavy atom. The highest BCUT2D eigenvalue weighted by molar-refractivity contribution is 4.84. The maximum Gasteiger partial charge on any atom is 0.119 e. The van der Waals surface area contributed by atoms with Crippen molar-refractivity contribution in [2.24, 2.45) is 5.92 Å². The number of halogens is 1. The molecule has 2 atom stereocenters. The lowest BCUT2D eigenvalue weighted by Crippen LogP contribution is -2.28. The molecule has 0 radical (unpaired) electrons. The zero-order valence-corrected chi connectivity index (χ0v) is 7.13. The van der Waals surface area contributed by atoms with Crippen molar-refractivity contribution in [2.45, 2.75) is 26.1 Å². The average molecular weight is 161 g/mol. The Bertz CT molecular complexity index is 129. The van der Waals surface area contributed by atoms with E-state index in [1.165, 1.54) is 0 Å². The molecule has 0 aromatic rings. The van der Waals surface area contributed by atoms with Gasteiger partial charge in [-0.25, -0.2) is 4.39 Å². The molecule has 1 fully saturated rings. The van der Waals surface area contributed by atoms with Crippen LogP contribution >= 0.6 is 0 Å². The van der Waals surface area contributed by atoms with Crippen molar-refractivity contribution in [1.82, 2.24) is 4.90 Å². The third-order valence-corrected chi connectivity index (χ3v) is 2.35. The standard InChI is InChI=1S/C8H16FNO/c1-6(2)10-3-7(5-11)8(9)4-10/h6-8,11H,3-5H2,1-2H3/t7-,8+/m0/s1. The smallest absolute Gasteiger partial charge is 0.119 e. The van der Waals surface area contributed by atoms with E-state index in [4.69, 9.17) is 5.11 Å². The Hall–Kier alpha value is -0.150. The van der Waals surface area contributed by atoms with Gasteiger partial charge in [0.15, 0.2) is 0 Å². The highest BCUT2D eigenvalue weighted by Gasteiger charge is 2.32. The van der Waals surface area contributed by atoms with Gasteiger partial charge in [0, 0.05) is 31.7 Å². The molecule has 0 unspecified atom stereocenters. The van der Waals surface area contributed by atoms with Gasteiger partial charge in [-0.1, -0.05) is 0 Å². The first-order valence-corrected chi connectivity index (χ1v) is 4.14. The number of likely N-dealkylation sites (tertiary alicyclic amines) is 1. The van der Waals surface area contributed by atoms with Gasteiger partial charge in [-0.3, -0.25) is 4.90 Å². The van der Waals surface area contributed by atoms with E-state index in [0.717, 1.165) is 0 Å².